The van der Waals surface area contributed by atoms with Gasteiger partial charge in [0.25, 0.3) is 5.92 Å². The van der Waals surface area contributed by atoms with Crippen LogP contribution in [0.25, 0.3) is 11.0 Å². The summed E-state index contributed by atoms with van der Waals surface area (Å²) in [6.45, 7) is 1.20. The summed E-state index contributed by atoms with van der Waals surface area (Å²) in [6.07, 6.45) is -4.03. The second kappa shape index (κ2) is 10.9. The molecule has 37 heavy (non-hydrogen) atoms. The van der Waals surface area contributed by atoms with Gasteiger partial charge in [-0.05, 0) is 37.5 Å². The smallest absolute Gasteiger partial charge is 0.352 e. The number of fused-ring (bicyclic) bond motifs is 1. The van der Waals surface area contributed by atoms with Gasteiger partial charge in [0.05, 0.1) is 24.0 Å². The third-order valence-corrected chi connectivity index (χ3v) is 6.48. The summed E-state index contributed by atoms with van der Waals surface area (Å²) in [6, 6.07) is 4.96. The fourth-order valence-electron chi connectivity index (χ4n) is 3.92. The minimum absolute atomic E-state index is 0.0468. The Labute approximate surface area is 208 Å². The Morgan fingerprint density at radius 3 is 2.22 bits per heavy atom. The summed E-state index contributed by atoms with van der Waals surface area (Å²) in [5.41, 5.74) is 0.0992. The number of carbonyl (C=O) groups excluding carboxylic acids is 2. The topological polar surface area (TPSA) is 86.9 Å². The van der Waals surface area contributed by atoms with E-state index in [2.05, 4.69) is 20.6 Å². The molecule has 2 fully saturated rings. The molecule has 1 unspecified atom stereocenters. The van der Waals surface area contributed by atoms with Crippen molar-refractivity contribution in [3.8, 4) is 0 Å². The highest BCUT2D eigenvalue weighted by atomic mass is 19.4. The number of nitrogens with zero attached hydrogens (tertiary/aromatic N) is 1. The van der Waals surface area contributed by atoms with Crippen LogP contribution in [-0.4, -0.2) is 39.8 Å². The number of aromatic amines is 1. The number of H-pyrrole nitrogens is 1. The average Bonchev–Trinajstić information content (AvgIpc) is 3.13. The van der Waals surface area contributed by atoms with Crippen LogP contribution in [0.2, 0.25) is 0 Å². The van der Waals surface area contributed by atoms with E-state index < -0.39 is 54.5 Å². The first kappa shape index (κ1) is 28.7. The Balaban J connectivity index is 0.000000405. The van der Waals surface area contributed by atoms with Gasteiger partial charge in [-0.1, -0.05) is 12.5 Å². The number of carbonyl (C=O) groups is 2. The van der Waals surface area contributed by atoms with Crippen LogP contribution in [0.5, 0.6) is 0 Å². The fourth-order valence-corrected chi connectivity index (χ4v) is 3.92. The number of halogens is 7. The van der Waals surface area contributed by atoms with E-state index in [9.17, 15) is 40.3 Å². The molecule has 2 saturated carbocycles. The second-order valence-corrected chi connectivity index (χ2v) is 9.74. The number of hydrogen-bond donors (Lipinski definition) is 3. The van der Waals surface area contributed by atoms with Crippen molar-refractivity contribution in [2.24, 2.45) is 5.41 Å². The molecule has 0 spiro atoms. The van der Waals surface area contributed by atoms with Gasteiger partial charge >= 0.3 is 6.18 Å². The Kier molecular flexibility index (Phi) is 8.43. The molecule has 1 heterocycles. The highest BCUT2D eigenvalue weighted by Gasteiger charge is 2.72. The maximum atomic E-state index is 13.2. The summed E-state index contributed by atoms with van der Waals surface area (Å²) < 4.78 is 87.2. The van der Waals surface area contributed by atoms with Gasteiger partial charge in [0.15, 0.2) is 0 Å². The lowest BCUT2D eigenvalue weighted by Gasteiger charge is -2.20. The molecule has 2 aliphatic carbocycles. The number of rotatable bonds is 7. The predicted octanol–water partition coefficient (Wildman–Crippen LogP) is 5.77. The van der Waals surface area contributed by atoms with E-state index in [-0.39, 0.29) is 25.9 Å². The van der Waals surface area contributed by atoms with Crippen LogP contribution < -0.4 is 10.6 Å². The van der Waals surface area contributed by atoms with E-state index in [1.165, 1.54) is 6.92 Å². The van der Waals surface area contributed by atoms with Gasteiger partial charge in [0.1, 0.15) is 11.2 Å². The summed E-state index contributed by atoms with van der Waals surface area (Å²) >= 11 is 0. The lowest BCUT2D eigenvalue weighted by Crippen LogP contribution is -2.33. The molecule has 0 aliphatic heterocycles. The average molecular weight is 539 g/mol. The number of imidazole rings is 1. The van der Waals surface area contributed by atoms with Crippen molar-refractivity contribution in [3.63, 3.8) is 0 Å². The summed E-state index contributed by atoms with van der Waals surface area (Å²) in [5, 5.41) is 4.85. The lowest BCUT2D eigenvalue weighted by molar-refractivity contribution is -0.144. The van der Waals surface area contributed by atoms with Crippen molar-refractivity contribution >= 4 is 22.8 Å². The van der Waals surface area contributed by atoms with Gasteiger partial charge in [-0.25, -0.2) is 22.5 Å². The quantitative estimate of drug-likeness (QED) is 0.392. The number of alkyl halides is 7. The Morgan fingerprint density at radius 2 is 1.68 bits per heavy atom. The molecule has 0 bridgehead atoms. The highest BCUT2D eigenvalue weighted by Crippen LogP contribution is 2.60. The molecule has 3 N–H and O–H groups in total. The Morgan fingerprint density at radius 1 is 1.03 bits per heavy atom. The maximum absolute atomic E-state index is 13.2. The number of benzene rings is 1. The third-order valence-electron chi connectivity index (χ3n) is 6.48. The summed E-state index contributed by atoms with van der Waals surface area (Å²) in [4.78, 5) is 30.6. The molecular weight excluding hydrogens is 509 g/mol. The molecule has 2 aliphatic rings. The van der Waals surface area contributed by atoms with E-state index in [4.69, 9.17) is 0 Å². The van der Waals surface area contributed by atoms with Gasteiger partial charge in [-0.15, -0.1) is 0 Å². The molecule has 0 saturated heterocycles. The normalized spacial score (nSPS) is 22.1. The van der Waals surface area contributed by atoms with Gasteiger partial charge in [0.2, 0.25) is 17.7 Å². The molecule has 6 nitrogen and oxygen atoms in total. The largest absolute Gasteiger partial charge is 0.389 e. The Bertz CT molecular complexity index is 1110. The van der Waals surface area contributed by atoms with E-state index in [1.54, 1.807) is 18.2 Å². The molecule has 13 heteroatoms. The summed E-state index contributed by atoms with van der Waals surface area (Å²) in [5.74, 6) is -6.40. The standard InChI is InChI=1S/C18H19F5N4O2.C6H10F2/c1-16(9-17(16,19)20)15(29)25-8-13-26-11-3-2-10(6-12(11)27-13)7-24-14(28)4-5-18(21,22)23;7-6(8)4-2-1-3-5-6/h2-3,6H,4-5,7-9H2,1H3,(H,24,28)(H,25,29)(H,26,27);1-5H2. The third kappa shape index (κ3) is 8.06. The van der Waals surface area contributed by atoms with Crippen molar-refractivity contribution in [1.29, 1.82) is 0 Å². The number of hydrogen-bond acceptors (Lipinski definition) is 3. The van der Waals surface area contributed by atoms with Crippen LogP contribution in [0.4, 0.5) is 30.7 Å². The summed E-state index contributed by atoms with van der Waals surface area (Å²) in [7, 11) is 0. The first-order valence-electron chi connectivity index (χ1n) is 12.0. The number of amides is 2. The number of nitrogens with one attached hydrogen (secondary N) is 3. The zero-order chi connectivity index (χ0) is 27.5. The van der Waals surface area contributed by atoms with Crippen molar-refractivity contribution in [1.82, 2.24) is 20.6 Å². The molecule has 0 radical (unpaired) electrons. The van der Waals surface area contributed by atoms with Crippen LogP contribution in [0.3, 0.4) is 0 Å². The number of aromatic nitrogens is 2. The van der Waals surface area contributed by atoms with Gasteiger partial charge in [-0.3, -0.25) is 9.59 Å². The van der Waals surface area contributed by atoms with Gasteiger partial charge in [0, 0.05) is 32.2 Å². The van der Waals surface area contributed by atoms with Crippen molar-refractivity contribution < 1.29 is 40.3 Å². The molecule has 4 rings (SSSR count). The molecule has 206 valence electrons. The molecular formula is C24H29F7N4O2. The van der Waals surface area contributed by atoms with Crippen LogP contribution in [-0.2, 0) is 22.7 Å². The Hall–Kier alpha value is -2.86. The van der Waals surface area contributed by atoms with Crippen LogP contribution in [0, 0.1) is 5.41 Å². The lowest BCUT2D eigenvalue weighted by atomic mass is 9.97. The zero-order valence-corrected chi connectivity index (χ0v) is 20.2. The van der Waals surface area contributed by atoms with Crippen molar-refractivity contribution in [2.75, 3.05) is 0 Å². The van der Waals surface area contributed by atoms with E-state index in [0.29, 0.717) is 35.3 Å². The van der Waals surface area contributed by atoms with Crippen molar-refractivity contribution in [2.45, 2.75) is 89.4 Å². The SMILES string of the molecule is CC1(C(=O)NCc2nc3ccc(CNC(=O)CCC(F)(F)F)cc3[nH]2)CC1(F)F.FC1(F)CCCCC1. The zero-order valence-electron chi connectivity index (χ0n) is 20.2. The second-order valence-electron chi connectivity index (χ2n) is 9.74. The van der Waals surface area contributed by atoms with Crippen LogP contribution in [0.15, 0.2) is 18.2 Å². The van der Waals surface area contributed by atoms with Gasteiger partial charge < -0.3 is 15.6 Å². The predicted molar refractivity (Wildman–Crippen MR) is 121 cm³/mol. The maximum Gasteiger partial charge on any atom is 0.389 e. The molecule has 2 aromatic rings. The minimum atomic E-state index is -4.38. The molecule has 1 atom stereocenters. The van der Waals surface area contributed by atoms with E-state index >= 15 is 0 Å². The first-order chi connectivity index (χ1) is 17.1. The molecule has 2 amide bonds. The van der Waals surface area contributed by atoms with Crippen LogP contribution in [0.1, 0.15) is 69.7 Å². The van der Waals surface area contributed by atoms with Crippen LogP contribution >= 0.6 is 0 Å². The molecule has 1 aromatic carbocycles. The minimum Gasteiger partial charge on any atom is -0.352 e. The highest BCUT2D eigenvalue weighted by molar-refractivity contribution is 5.87. The molecule has 1 aromatic heterocycles. The van der Waals surface area contributed by atoms with E-state index in [0.717, 1.165) is 6.42 Å². The van der Waals surface area contributed by atoms with E-state index in [1.807, 2.05) is 0 Å². The van der Waals surface area contributed by atoms with Crippen molar-refractivity contribution in [3.05, 3.63) is 29.6 Å². The monoisotopic (exact) mass is 538 g/mol. The van der Waals surface area contributed by atoms with Gasteiger partial charge in [-0.2, -0.15) is 13.2 Å². The fraction of sp³-hybridized carbons (Fsp3) is 0.625. The first-order valence-corrected chi connectivity index (χ1v) is 12.0.